The quantitative estimate of drug-likeness (QED) is 0.605. The highest BCUT2D eigenvalue weighted by atomic mass is 16.2. The Balaban J connectivity index is 1.79. The van der Waals surface area contributed by atoms with Gasteiger partial charge in [0.1, 0.15) is 0 Å². The van der Waals surface area contributed by atoms with Crippen LogP contribution < -0.4 is 5.43 Å². The molecule has 2 heterocycles. The topological polar surface area (TPSA) is 95.1 Å². The van der Waals surface area contributed by atoms with Gasteiger partial charge < -0.3 is 5.11 Å². The lowest BCUT2D eigenvalue weighted by Gasteiger charge is -2.44. The van der Waals surface area contributed by atoms with Crippen molar-refractivity contribution < 1.29 is 9.90 Å². The Morgan fingerprint density at radius 2 is 2.21 bits per heavy atom. The van der Waals surface area contributed by atoms with Crippen molar-refractivity contribution in [3.8, 4) is 0 Å². The summed E-state index contributed by atoms with van der Waals surface area (Å²) >= 11 is 0. The Labute approximate surface area is 140 Å². The molecule has 3 aliphatic rings. The summed E-state index contributed by atoms with van der Waals surface area (Å²) in [5, 5.41) is 24.1. The van der Waals surface area contributed by atoms with Crippen molar-refractivity contribution in [2.75, 3.05) is 7.05 Å². The molecule has 1 aliphatic heterocycles. The molecule has 0 radical (unpaired) electrons. The van der Waals surface area contributed by atoms with Gasteiger partial charge in [0.2, 0.25) is 0 Å². The van der Waals surface area contributed by atoms with E-state index < -0.39 is 0 Å². The molecule has 128 valence electrons. The molecule has 2 N–H and O–H groups in total. The molecule has 0 aromatic carbocycles. The van der Waals surface area contributed by atoms with E-state index >= 15 is 0 Å². The Kier molecular flexibility index (Phi) is 3.28. The summed E-state index contributed by atoms with van der Waals surface area (Å²) in [7, 11) is 3.74. The van der Waals surface area contributed by atoms with Crippen LogP contribution in [-0.4, -0.2) is 32.8 Å². The van der Waals surface area contributed by atoms with Gasteiger partial charge in [-0.05, 0) is 25.2 Å². The third kappa shape index (κ3) is 2.02. The standard InChI is InChI=1S/C16H22N6O2/c1-16-7-9(8-23)12(24)6-10(16)4-5-11-13(21(2)18-14(11)16)15-17-20-22(3)19-15/h8,10,15,19,23H,4-7H2,1-3H3/b9-8-/t10?,15?,16-/m0/s1. The van der Waals surface area contributed by atoms with Gasteiger partial charge in [-0.25, -0.2) is 5.12 Å². The maximum Gasteiger partial charge on any atom is 0.183 e. The molecule has 2 unspecified atom stereocenters. The second kappa shape index (κ2) is 5.14. The lowest BCUT2D eigenvalue weighted by molar-refractivity contribution is -0.119. The van der Waals surface area contributed by atoms with Crippen LogP contribution in [0, 0.1) is 5.92 Å². The van der Waals surface area contributed by atoms with E-state index in [4.69, 9.17) is 5.10 Å². The van der Waals surface area contributed by atoms with E-state index in [1.165, 1.54) is 5.56 Å². The van der Waals surface area contributed by atoms with Gasteiger partial charge in [-0.3, -0.25) is 9.48 Å². The van der Waals surface area contributed by atoms with E-state index in [1.807, 2.05) is 18.8 Å². The molecule has 4 rings (SSSR count). The third-order valence-electron chi connectivity index (χ3n) is 5.75. The Morgan fingerprint density at radius 1 is 1.42 bits per heavy atom. The molecule has 1 aromatic heterocycles. The molecule has 0 saturated heterocycles. The maximum atomic E-state index is 12.2. The number of aromatic nitrogens is 2. The smallest absolute Gasteiger partial charge is 0.183 e. The van der Waals surface area contributed by atoms with Crippen LogP contribution in [0.1, 0.15) is 49.3 Å². The summed E-state index contributed by atoms with van der Waals surface area (Å²) in [6.45, 7) is 2.16. The molecule has 0 amide bonds. The van der Waals surface area contributed by atoms with Crippen LogP contribution >= 0.6 is 0 Å². The lowest BCUT2D eigenvalue weighted by Crippen LogP contribution is -2.43. The number of hydrogen-bond donors (Lipinski definition) is 2. The summed E-state index contributed by atoms with van der Waals surface area (Å²) in [5.74, 6) is 0.331. The zero-order valence-corrected chi connectivity index (χ0v) is 14.2. The van der Waals surface area contributed by atoms with E-state index in [1.54, 1.807) is 5.12 Å². The van der Waals surface area contributed by atoms with Crippen LogP contribution in [0.5, 0.6) is 0 Å². The maximum absolute atomic E-state index is 12.2. The van der Waals surface area contributed by atoms with Gasteiger partial charge in [0.05, 0.1) is 17.6 Å². The number of carbonyl (C=O) groups is 1. The Morgan fingerprint density at radius 3 is 2.88 bits per heavy atom. The highest BCUT2D eigenvalue weighted by molar-refractivity contribution is 5.96. The average Bonchev–Trinajstić information content (AvgIpc) is 3.10. The van der Waals surface area contributed by atoms with Crippen molar-refractivity contribution in [1.29, 1.82) is 0 Å². The number of carbonyl (C=O) groups excluding carboxylic acids is 1. The molecule has 1 aromatic rings. The number of aryl methyl sites for hydroxylation is 1. The van der Waals surface area contributed by atoms with Gasteiger partial charge in [0.15, 0.2) is 11.9 Å². The summed E-state index contributed by atoms with van der Waals surface area (Å²) in [6.07, 6.45) is 3.61. The molecule has 8 heteroatoms. The second-order valence-corrected chi connectivity index (χ2v) is 7.21. The zero-order chi connectivity index (χ0) is 17.1. The van der Waals surface area contributed by atoms with Gasteiger partial charge in [0.25, 0.3) is 0 Å². The number of Topliss-reactive ketones (excluding diaryl/α,β-unsaturated/α-hetero) is 1. The monoisotopic (exact) mass is 330 g/mol. The molecule has 1 fully saturated rings. The summed E-state index contributed by atoms with van der Waals surface area (Å²) in [4.78, 5) is 12.2. The molecule has 8 nitrogen and oxygen atoms in total. The minimum Gasteiger partial charge on any atom is -0.515 e. The fraction of sp³-hybridized carbons (Fsp3) is 0.625. The number of aliphatic hydroxyl groups excluding tert-OH is 1. The van der Waals surface area contributed by atoms with Crippen LogP contribution in [0.2, 0.25) is 0 Å². The minimum atomic E-state index is -0.228. The van der Waals surface area contributed by atoms with Gasteiger partial charge in [-0.15, -0.1) is 5.11 Å². The number of nitrogens with one attached hydrogen (secondary N) is 1. The van der Waals surface area contributed by atoms with Crippen molar-refractivity contribution >= 4 is 5.78 Å². The van der Waals surface area contributed by atoms with Gasteiger partial charge in [-0.2, -0.15) is 10.5 Å². The lowest BCUT2D eigenvalue weighted by atomic mass is 9.59. The van der Waals surface area contributed by atoms with Crippen LogP contribution in [0.4, 0.5) is 0 Å². The van der Waals surface area contributed by atoms with Crippen molar-refractivity contribution in [2.45, 2.75) is 44.2 Å². The minimum absolute atomic E-state index is 0.0625. The first kappa shape index (κ1) is 15.3. The molecular formula is C16H22N6O2. The molecule has 1 saturated carbocycles. The number of fused-ring (bicyclic) bond motifs is 3. The third-order valence-corrected chi connectivity index (χ3v) is 5.75. The van der Waals surface area contributed by atoms with Crippen LogP contribution in [0.15, 0.2) is 22.2 Å². The number of hydrazine groups is 1. The number of rotatable bonds is 1. The number of aliphatic hydroxyl groups is 1. The summed E-state index contributed by atoms with van der Waals surface area (Å²) in [5.41, 5.74) is 6.74. The Hall–Kier alpha value is -2.22. The first-order chi connectivity index (χ1) is 11.4. The molecular weight excluding hydrogens is 308 g/mol. The van der Waals surface area contributed by atoms with E-state index in [0.717, 1.165) is 30.5 Å². The van der Waals surface area contributed by atoms with Crippen LogP contribution in [0.25, 0.3) is 0 Å². The number of nitrogens with zero attached hydrogens (tertiary/aromatic N) is 5. The normalized spacial score (nSPS) is 33.9. The van der Waals surface area contributed by atoms with Gasteiger partial charge in [-0.1, -0.05) is 12.1 Å². The van der Waals surface area contributed by atoms with E-state index in [9.17, 15) is 9.90 Å². The predicted octanol–water partition coefficient (Wildman–Crippen LogP) is 1.86. The highest BCUT2D eigenvalue weighted by Gasteiger charge is 2.49. The molecule has 24 heavy (non-hydrogen) atoms. The van der Waals surface area contributed by atoms with Crippen LogP contribution in [0.3, 0.4) is 0 Å². The van der Waals surface area contributed by atoms with Crippen LogP contribution in [-0.2, 0) is 23.7 Å². The number of ketones is 1. The van der Waals surface area contributed by atoms with Crippen molar-refractivity contribution in [2.24, 2.45) is 23.3 Å². The zero-order valence-electron chi connectivity index (χ0n) is 14.2. The van der Waals surface area contributed by atoms with E-state index in [-0.39, 0.29) is 23.3 Å². The molecule has 0 spiro atoms. The largest absolute Gasteiger partial charge is 0.515 e. The average molecular weight is 330 g/mol. The van der Waals surface area contributed by atoms with Crippen molar-refractivity contribution in [1.82, 2.24) is 20.3 Å². The first-order valence-electron chi connectivity index (χ1n) is 8.27. The van der Waals surface area contributed by atoms with Gasteiger partial charge in [0, 0.05) is 37.1 Å². The highest BCUT2D eigenvalue weighted by Crippen LogP contribution is 2.51. The van der Waals surface area contributed by atoms with E-state index in [0.29, 0.717) is 18.4 Å². The second-order valence-electron chi connectivity index (χ2n) is 7.21. The van der Waals surface area contributed by atoms with E-state index in [2.05, 4.69) is 22.7 Å². The first-order valence-corrected chi connectivity index (χ1v) is 8.27. The summed E-state index contributed by atoms with van der Waals surface area (Å²) in [6, 6.07) is 0. The van der Waals surface area contributed by atoms with Crippen molar-refractivity contribution in [3.05, 3.63) is 28.8 Å². The predicted molar refractivity (Wildman–Crippen MR) is 85.8 cm³/mol. The fourth-order valence-electron chi connectivity index (χ4n) is 4.45. The van der Waals surface area contributed by atoms with Gasteiger partial charge >= 0.3 is 0 Å². The molecule has 3 atom stereocenters. The fourth-order valence-corrected chi connectivity index (χ4v) is 4.45. The SMILES string of the molecule is CN1N=NC(c2c3c(nn2C)[C@@]2(C)C/C(=C/O)C(=O)CC2CC3)N1. The Bertz CT molecular complexity index is 767. The van der Waals surface area contributed by atoms with Crippen molar-refractivity contribution in [3.63, 3.8) is 0 Å². The molecule has 0 bridgehead atoms. The number of hydrogen-bond acceptors (Lipinski definition) is 7. The molecule has 2 aliphatic carbocycles. The number of allylic oxidation sites excluding steroid dienone is 1. The summed E-state index contributed by atoms with van der Waals surface area (Å²) < 4.78 is 1.88.